The number of carbonyl (C=O) groups is 2. The van der Waals surface area contributed by atoms with Crippen molar-refractivity contribution in [3.8, 4) is 0 Å². The number of hydrogen-bond donors (Lipinski definition) is 1. The van der Waals surface area contributed by atoms with Gasteiger partial charge in [-0.25, -0.2) is 0 Å². The first-order valence-electron chi connectivity index (χ1n) is 9.40. The first kappa shape index (κ1) is 19.4. The number of hydrogen-bond acceptors (Lipinski definition) is 3. The molecule has 1 aliphatic carbocycles. The second-order valence-corrected chi connectivity index (χ2v) is 6.52. The lowest BCUT2D eigenvalue weighted by Gasteiger charge is -2.21. The number of rotatable bonds is 8. The second kappa shape index (κ2) is 10.2. The van der Waals surface area contributed by atoms with Crippen molar-refractivity contribution in [1.82, 2.24) is 10.2 Å². The van der Waals surface area contributed by atoms with Crippen LogP contribution in [0.5, 0.6) is 0 Å². The molecule has 5 heteroatoms. The Morgan fingerprint density at radius 3 is 2.32 bits per heavy atom. The van der Waals surface area contributed by atoms with E-state index in [2.05, 4.69) is 5.32 Å². The van der Waals surface area contributed by atoms with Gasteiger partial charge in [0.1, 0.15) is 6.61 Å². The second-order valence-electron chi connectivity index (χ2n) is 6.52. The molecule has 1 aliphatic rings. The molecule has 2 amide bonds. The molecule has 25 heavy (non-hydrogen) atoms. The number of ether oxygens (including phenoxy) is 1. The van der Waals surface area contributed by atoms with Gasteiger partial charge in [0.05, 0.1) is 6.10 Å². The topological polar surface area (TPSA) is 58.6 Å². The third-order valence-electron chi connectivity index (χ3n) is 4.74. The van der Waals surface area contributed by atoms with Crippen LogP contribution in [0.4, 0.5) is 0 Å². The summed E-state index contributed by atoms with van der Waals surface area (Å²) in [7, 11) is 0. The number of nitrogens with one attached hydrogen (secondary N) is 1. The summed E-state index contributed by atoms with van der Waals surface area (Å²) in [6.07, 6.45) is 6.05. The van der Waals surface area contributed by atoms with Crippen LogP contribution in [-0.2, 0) is 16.1 Å². The van der Waals surface area contributed by atoms with Gasteiger partial charge < -0.3 is 15.0 Å². The number of benzene rings is 1. The van der Waals surface area contributed by atoms with E-state index in [4.69, 9.17) is 4.74 Å². The van der Waals surface area contributed by atoms with Crippen LogP contribution in [0, 0.1) is 0 Å². The molecule has 2 rings (SSSR count). The van der Waals surface area contributed by atoms with Crippen LogP contribution in [0.2, 0.25) is 0 Å². The quantitative estimate of drug-likeness (QED) is 0.787. The Morgan fingerprint density at radius 2 is 1.72 bits per heavy atom. The molecule has 0 atom stereocenters. The van der Waals surface area contributed by atoms with Gasteiger partial charge in [0.15, 0.2) is 0 Å². The molecule has 0 unspecified atom stereocenters. The number of carbonyl (C=O) groups excluding carboxylic acids is 2. The lowest BCUT2D eigenvalue weighted by atomic mass is 9.98. The van der Waals surface area contributed by atoms with E-state index in [0.717, 1.165) is 18.4 Å². The minimum atomic E-state index is -0.0890. The van der Waals surface area contributed by atoms with Crippen LogP contribution >= 0.6 is 0 Å². The van der Waals surface area contributed by atoms with Crippen molar-refractivity contribution >= 4 is 11.8 Å². The Morgan fingerprint density at radius 1 is 1.08 bits per heavy atom. The minimum Gasteiger partial charge on any atom is -0.368 e. The summed E-state index contributed by atoms with van der Waals surface area (Å²) in [5, 5.41) is 2.87. The van der Waals surface area contributed by atoms with Crippen LogP contribution in [0.1, 0.15) is 61.9 Å². The van der Waals surface area contributed by atoms with Crippen molar-refractivity contribution < 1.29 is 14.3 Å². The van der Waals surface area contributed by atoms with E-state index in [1.165, 1.54) is 19.3 Å². The smallest absolute Gasteiger partial charge is 0.253 e. The van der Waals surface area contributed by atoms with Gasteiger partial charge in [-0.05, 0) is 44.4 Å². The first-order chi connectivity index (χ1) is 12.1. The summed E-state index contributed by atoms with van der Waals surface area (Å²) in [5.74, 6) is -0.0460. The Hall–Kier alpha value is -1.88. The van der Waals surface area contributed by atoms with Crippen molar-refractivity contribution in [1.29, 1.82) is 0 Å². The molecule has 1 aromatic rings. The molecule has 0 aliphatic heterocycles. The lowest BCUT2D eigenvalue weighted by molar-refractivity contribution is -0.128. The van der Waals surface area contributed by atoms with Gasteiger partial charge in [0.25, 0.3) is 5.91 Å². The molecule has 1 N–H and O–H groups in total. The molecule has 0 spiro atoms. The molecule has 1 aromatic carbocycles. The lowest BCUT2D eigenvalue weighted by Crippen LogP contribution is -2.31. The maximum Gasteiger partial charge on any atom is 0.253 e. The predicted octanol–water partition coefficient (Wildman–Crippen LogP) is 3.13. The Balaban J connectivity index is 1.75. The minimum absolute atomic E-state index is 0.0430. The zero-order valence-electron chi connectivity index (χ0n) is 15.4. The van der Waals surface area contributed by atoms with Crippen LogP contribution in [0.3, 0.4) is 0 Å². The summed E-state index contributed by atoms with van der Waals surface area (Å²) in [5.41, 5.74) is 1.65. The Labute approximate surface area is 150 Å². The molecular weight excluding hydrogens is 316 g/mol. The van der Waals surface area contributed by atoms with Crippen molar-refractivity contribution in [2.75, 3.05) is 19.7 Å². The molecular formula is C20H30N2O3. The Bertz CT molecular complexity index is 547. The van der Waals surface area contributed by atoms with Gasteiger partial charge >= 0.3 is 0 Å². The molecule has 0 bridgehead atoms. The van der Waals surface area contributed by atoms with E-state index < -0.39 is 0 Å². The first-order valence-corrected chi connectivity index (χ1v) is 9.40. The highest BCUT2D eigenvalue weighted by atomic mass is 16.5. The molecule has 5 nitrogen and oxygen atoms in total. The highest BCUT2D eigenvalue weighted by molar-refractivity contribution is 5.94. The average Bonchev–Trinajstić information content (AvgIpc) is 2.67. The fraction of sp³-hybridized carbons (Fsp3) is 0.600. The third kappa shape index (κ3) is 6.16. The van der Waals surface area contributed by atoms with Gasteiger partial charge in [-0.1, -0.05) is 31.4 Å². The third-order valence-corrected chi connectivity index (χ3v) is 4.74. The average molecular weight is 346 g/mol. The van der Waals surface area contributed by atoms with Gasteiger partial charge in [-0.3, -0.25) is 9.59 Å². The summed E-state index contributed by atoms with van der Waals surface area (Å²) >= 11 is 0. The van der Waals surface area contributed by atoms with Gasteiger partial charge in [-0.15, -0.1) is 0 Å². The van der Waals surface area contributed by atoms with E-state index in [-0.39, 0.29) is 24.5 Å². The largest absolute Gasteiger partial charge is 0.368 e. The molecule has 0 aromatic heterocycles. The summed E-state index contributed by atoms with van der Waals surface area (Å²) in [6.45, 7) is 5.93. The SMILES string of the molecule is CCN(CC)C(=O)c1ccc(CNC(=O)COC2CCCCC2)cc1. The van der Waals surface area contributed by atoms with Crippen LogP contribution in [0.25, 0.3) is 0 Å². The van der Waals surface area contributed by atoms with E-state index in [0.29, 0.717) is 25.2 Å². The zero-order chi connectivity index (χ0) is 18.1. The zero-order valence-corrected chi connectivity index (χ0v) is 15.4. The van der Waals surface area contributed by atoms with Crippen molar-refractivity contribution in [2.45, 2.75) is 58.6 Å². The highest BCUT2D eigenvalue weighted by Gasteiger charge is 2.15. The number of nitrogens with zero attached hydrogens (tertiary/aromatic N) is 1. The molecule has 1 fully saturated rings. The molecule has 138 valence electrons. The highest BCUT2D eigenvalue weighted by Crippen LogP contribution is 2.19. The maximum absolute atomic E-state index is 12.3. The van der Waals surface area contributed by atoms with Crippen molar-refractivity contribution in [3.05, 3.63) is 35.4 Å². The van der Waals surface area contributed by atoms with Crippen molar-refractivity contribution in [3.63, 3.8) is 0 Å². The van der Waals surface area contributed by atoms with Gasteiger partial charge in [0.2, 0.25) is 5.91 Å². The van der Waals surface area contributed by atoms with E-state index >= 15 is 0 Å². The monoisotopic (exact) mass is 346 g/mol. The van der Waals surface area contributed by atoms with E-state index in [1.54, 1.807) is 4.90 Å². The van der Waals surface area contributed by atoms with Crippen LogP contribution in [0.15, 0.2) is 24.3 Å². The fourth-order valence-corrected chi connectivity index (χ4v) is 3.14. The molecule has 1 saturated carbocycles. The van der Waals surface area contributed by atoms with Gasteiger partial charge in [0, 0.05) is 25.2 Å². The molecule has 0 radical (unpaired) electrons. The number of amides is 2. The predicted molar refractivity (Wildman–Crippen MR) is 98.4 cm³/mol. The fourth-order valence-electron chi connectivity index (χ4n) is 3.14. The van der Waals surface area contributed by atoms with Gasteiger partial charge in [-0.2, -0.15) is 0 Å². The molecule has 0 heterocycles. The van der Waals surface area contributed by atoms with Crippen LogP contribution < -0.4 is 5.32 Å². The van der Waals surface area contributed by atoms with Crippen molar-refractivity contribution in [2.24, 2.45) is 0 Å². The van der Waals surface area contributed by atoms with E-state index in [9.17, 15) is 9.59 Å². The normalized spacial score (nSPS) is 15.0. The molecule has 0 saturated heterocycles. The summed E-state index contributed by atoms with van der Waals surface area (Å²) < 4.78 is 5.67. The Kier molecular flexibility index (Phi) is 7.92. The maximum atomic E-state index is 12.3. The van der Waals surface area contributed by atoms with Crippen LogP contribution in [-0.4, -0.2) is 42.5 Å². The summed E-state index contributed by atoms with van der Waals surface area (Å²) in [4.78, 5) is 26.0. The summed E-state index contributed by atoms with van der Waals surface area (Å²) in [6, 6.07) is 7.42. The van der Waals surface area contributed by atoms with E-state index in [1.807, 2.05) is 38.1 Å². The standard InChI is InChI=1S/C20H30N2O3/c1-3-22(4-2)20(24)17-12-10-16(11-13-17)14-21-19(23)15-25-18-8-6-5-7-9-18/h10-13,18H,3-9,14-15H2,1-2H3,(H,21,23).